The maximum absolute atomic E-state index is 13.6. The topological polar surface area (TPSA) is 71.7 Å². The van der Waals surface area contributed by atoms with Crippen molar-refractivity contribution in [2.75, 3.05) is 0 Å². The third-order valence-electron chi connectivity index (χ3n) is 7.50. The summed E-state index contributed by atoms with van der Waals surface area (Å²) in [4.78, 5) is 31.1. The highest BCUT2D eigenvalue weighted by molar-refractivity contribution is 6.13. The first-order valence-electron chi connectivity index (χ1n) is 13.7. The predicted octanol–water partition coefficient (Wildman–Crippen LogP) is 8.45. The van der Waals surface area contributed by atoms with E-state index in [1.807, 2.05) is 70.2 Å². The molecule has 1 saturated carbocycles. The Hall–Kier alpha value is -4.32. The van der Waals surface area contributed by atoms with Crippen molar-refractivity contribution in [3.8, 4) is 22.5 Å². The summed E-state index contributed by atoms with van der Waals surface area (Å²) >= 11 is 0. The molecule has 4 aromatic rings. The Morgan fingerprint density at radius 2 is 1.75 bits per heavy atom. The number of aryl methyl sites for hydroxylation is 1. The van der Waals surface area contributed by atoms with Crippen LogP contribution in [0.2, 0.25) is 0 Å². The molecular weight excluding hydrogens is 503 g/mol. The van der Waals surface area contributed by atoms with Gasteiger partial charge in [-0.05, 0) is 105 Å². The van der Waals surface area contributed by atoms with E-state index in [1.54, 1.807) is 18.3 Å². The Morgan fingerprint density at radius 1 is 1.02 bits per heavy atom. The number of carbonyl (C=O) groups excluding carboxylic acids is 2. The summed E-state index contributed by atoms with van der Waals surface area (Å²) in [7, 11) is 0. The number of fused-ring (bicyclic) bond motifs is 1. The fraction of sp³-hybridized carbons (Fsp3) is 0.265. The minimum absolute atomic E-state index is 0.0215. The smallest absolute Gasteiger partial charge is 0.252 e. The van der Waals surface area contributed by atoms with Crippen molar-refractivity contribution in [2.24, 2.45) is 4.99 Å². The van der Waals surface area contributed by atoms with Gasteiger partial charge in [-0.1, -0.05) is 25.1 Å². The van der Waals surface area contributed by atoms with Crippen LogP contribution in [0.3, 0.4) is 0 Å². The number of halogens is 1. The van der Waals surface area contributed by atoms with Gasteiger partial charge in [-0.15, -0.1) is 0 Å². The zero-order valence-corrected chi connectivity index (χ0v) is 23.3. The highest BCUT2D eigenvalue weighted by Crippen LogP contribution is 2.43. The largest absolute Gasteiger partial charge is 0.455 e. The van der Waals surface area contributed by atoms with Crippen LogP contribution in [0.25, 0.3) is 33.4 Å². The summed E-state index contributed by atoms with van der Waals surface area (Å²) in [6.07, 6.45) is 6.49. The summed E-state index contributed by atoms with van der Waals surface area (Å²) in [5.74, 6) is -0.0756. The van der Waals surface area contributed by atoms with Crippen molar-refractivity contribution in [1.29, 1.82) is 0 Å². The first kappa shape index (κ1) is 27.3. The Morgan fingerprint density at radius 3 is 2.40 bits per heavy atom. The fourth-order valence-corrected chi connectivity index (χ4v) is 5.25. The molecule has 6 heteroatoms. The highest BCUT2D eigenvalue weighted by Gasteiger charge is 2.47. The molecular formula is C34H33FN2O3. The molecule has 1 fully saturated rings. The number of furan rings is 1. The third-order valence-corrected chi connectivity index (χ3v) is 7.50. The van der Waals surface area contributed by atoms with Crippen molar-refractivity contribution < 1.29 is 18.4 Å². The summed E-state index contributed by atoms with van der Waals surface area (Å²) in [6, 6.07) is 17.4. The van der Waals surface area contributed by atoms with Crippen LogP contribution in [0.5, 0.6) is 0 Å². The molecule has 1 aliphatic rings. The van der Waals surface area contributed by atoms with Gasteiger partial charge in [-0.3, -0.25) is 14.6 Å². The van der Waals surface area contributed by atoms with Crippen molar-refractivity contribution >= 4 is 28.9 Å². The number of Topliss-reactive ketones (excluding diaryl/α,β-unsaturated/α-hetero) is 1. The van der Waals surface area contributed by atoms with E-state index >= 15 is 0 Å². The van der Waals surface area contributed by atoms with E-state index in [2.05, 4.69) is 10.3 Å². The lowest BCUT2D eigenvalue weighted by Crippen LogP contribution is -2.38. The molecule has 0 spiro atoms. The number of hydrogen-bond donors (Lipinski definition) is 1. The van der Waals surface area contributed by atoms with Gasteiger partial charge in [0.1, 0.15) is 17.2 Å². The van der Waals surface area contributed by atoms with E-state index in [-0.39, 0.29) is 17.5 Å². The summed E-state index contributed by atoms with van der Waals surface area (Å²) in [6.45, 7) is 7.77. The molecule has 5 nitrogen and oxygen atoms in total. The second kappa shape index (κ2) is 11.0. The number of allylic oxidation sites excluding steroid dienone is 1. The van der Waals surface area contributed by atoms with E-state index in [0.29, 0.717) is 46.3 Å². The van der Waals surface area contributed by atoms with Crippen molar-refractivity contribution in [2.45, 2.75) is 58.9 Å². The number of aliphatic imine (C=N–C) groups is 1. The Bertz CT molecular complexity index is 1660. The molecule has 0 atom stereocenters. The maximum atomic E-state index is 13.6. The number of amides is 1. The molecule has 0 bridgehead atoms. The molecule has 0 unspecified atom stereocenters. The molecule has 3 aromatic carbocycles. The van der Waals surface area contributed by atoms with E-state index in [9.17, 15) is 14.0 Å². The van der Waals surface area contributed by atoms with Crippen molar-refractivity contribution in [1.82, 2.24) is 5.32 Å². The fourth-order valence-electron chi connectivity index (χ4n) is 5.25. The predicted molar refractivity (Wildman–Crippen MR) is 158 cm³/mol. The average molecular weight is 537 g/mol. The number of ketones is 1. The van der Waals surface area contributed by atoms with Gasteiger partial charge in [0.15, 0.2) is 5.78 Å². The van der Waals surface area contributed by atoms with Crippen LogP contribution >= 0.6 is 0 Å². The highest BCUT2D eigenvalue weighted by atomic mass is 19.1. The van der Waals surface area contributed by atoms with Gasteiger partial charge in [0.05, 0.1) is 16.8 Å². The summed E-state index contributed by atoms with van der Waals surface area (Å²) < 4.78 is 19.8. The molecule has 1 heterocycles. The van der Waals surface area contributed by atoms with Gasteiger partial charge in [0, 0.05) is 29.1 Å². The molecule has 40 heavy (non-hydrogen) atoms. The second-order valence-corrected chi connectivity index (χ2v) is 10.3. The van der Waals surface area contributed by atoms with Gasteiger partial charge in [-0.2, -0.15) is 0 Å². The monoisotopic (exact) mass is 536 g/mol. The second-order valence-electron chi connectivity index (χ2n) is 10.3. The zero-order chi connectivity index (χ0) is 28.4. The van der Waals surface area contributed by atoms with E-state index < -0.39 is 5.54 Å². The molecule has 1 N–H and O–H groups in total. The summed E-state index contributed by atoms with van der Waals surface area (Å²) in [5.41, 5.74) is 5.54. The van der Waals surface area contributed by atoms with Gasteiger partial charge in [0.25, 0.3) is 5.91 Å². The number of carbonyl (C=O) groups is 2. The molecule has 0 radical (unpaired) electrons. The zero-order valence-electron chi connectivity index (χ0n) is 23.3. The van der Waals surface area contributed by atoms with E-state index in [0.717, 1.165) is 35.2 Å². The molecule has 1 aliphatic carbocycles. The first-order valence-corrected chi connectivity index (χ1v) is 13.7. The Labute approximate surface area is 233 Å². The third kappa shape index (κ3) is 5.14. The number of nitrogens with one attached hydrogen (secondary N) is 1. The molecule has 1 aromatic heterocycles. The van der Waals surface area contributed by atoms with Gasteiger partial charge in [-0.25, -0.2) is 4.39 Å². The van der Waals surface area contributed by atoms with Crippen LogP contribution in [0, 0.1) is 12.7 Å². The SMILES string of the molecule is CC=NC(=CC)C1(NC(=O)c2ccc(C)c(-c3ccc4oc(-c5ccc(F)cc5)c(C(=O)CCC)c4c3)c2)CC1. The van der Waals surface area contributed by atoms with Gasteiger partial charge >= 0.3 is 0 Å². The number of benzene rings is 3. The Kier molecular flexibility index (Phi) is 7.53. The average Bonchev–Trinajstić information content (AvgIpc) is 3.62. The number of nitrogens with zero attached hydrogens (tertiary/aromatic N) is 1. The molecule has 5 rings (SSSR count). The minimum Gasteiger partial charge on any atom is -0.455 e. The maximum Gasteiger partial charge on any atom is 0.252 e. The Balaban J connectivity index is 1.55. The van der Waals surface area contributed by atoms with Crippen molar-refractivity contribution in [3.05, 3.63) is 94.9 Å². The van der Waals surface area contributed by atoms with E-state index in [1.165, 1.54) is 12.1 Å². The molecule has 0 saturated heterocycles. The quantitative estimate of drug-likeness (QED) is 0.172. The lowest BCUT2D eigenvalue weighted by molar-refractivity contribution is 0.0936. The molecule has 0 aliphatic heterocycles. The normalized spacial score (nSPS) is 14.6. The van der Waals surface area contributed by atoms with Crippen LogP contribution < -0.4 is 5.32 Å². The van der Waals surface area contributed by atoms with Crippen LogP contribution in [-0.4, -0.2) is 23.4 Å². The van der Waals surface area contributed by atoms with Crippen LogP contribution in [0.1, 0.15) is 72.7 Å². The van der Waals surface area contributed by atoms with Crippen molar-refractivity contribution in [3.63, 3.8) is 0 Å². The standard InChI is InChI=1S/C34H33FN2O3/c1-5-8-28(38)31-27-19-23(13-16-29(27)40-32(31)22-11-14-25(35)15-12-22)26-20-24(10-9-21(26)4)33(39)37-34(17-18-34)30(6-2)36-7-3/h6-7,9-16,19-20H,5,8,17-18H2,1-4H3,(H,37,39). The number of rotatable bonds is 9. The van der Waals surface area contributed by atoms with Crippen LogP contribution in [-0.2, 0) is 0 Å². The van der Waals surface area contributed by atoms with Crippen LogP contribution in [0.15, 0.2) is 81.8 Å². The summed E-state index contributed by atoms with van der Waals surface area (Å²) in [5, 5.41) is 3.91. The molecule has 1 amide bonds. The van der Waals surface area contributed by atoms with Gasteiger partial charge in [0.2, 0.25) is 0 Å². The number of hydrogen-bond acceptors (Lipinski definition) is 4. The van der Waals surface area contributed by atoms with Crippen LogP contribution in [0.4, 0.5) is 4.39 Å². The first-order chi connectivity index (χ1) is 19.3. The molecule has 204 valence electrons. The van der Waals surface area contributed by atoms with Gasteiger partial charge < -0.3 is 9.73 Å². The lowest BCUT2D eigenvalue weighted by atomic mass is 9.94. The van der Waals surface area contributed by atoms with E-state index in [4.69, 9.17) is 4.42 Å². The minimum atomic E-state index is -0.412. The lowest BCUT2D eigenvalue weighted by Gasteiger charge is -2.19.